The van der Waals surface area contributed by atoms with E-state index in [-0.39, 0.29) is 12.4 Å². The number of carbonyl (C=O) groups excluding carboxylic acids is 1. The molecular formula is C17H21NO2. The first-order chi connectivity index (χ1) is 9.56. The maximum Gasteiger partial charge on any atom is 0.167 e. The van der Waals surface area contributed by atoms with E-state index in [9.17, 15) is 4.79 Å². The first-order valence-electron chi connectivity index (χ1n) is 6.63. The molecule has 0 amide bonds. The first-order valence-corrected chi connectivity index (χ1v) is 6.63. The Morgan fingerprint density at radius 3 is 2.65 bits per heavy atom. The predicted octanol–water partition coefficient (Wildman–Crippen LogP) is 4.05. The average Bonchev–Trinajstić information content (AvgIpc) is 2.43. The van der Waals surface area contributed by atoms with Crippen LogP contribution in [-0.4, -0.2) is 18.1 Å². The topological polar surface area (TPSA) is 38.7 Å². The molecule has 0 saturated heterocycles. The Hall–Kier alpha value is -2.16. The lowest BCUT2D eigenvalue weighted by atomic mass is 10.1. The van der Waals surface area contributed by atoms with Gasteiger partial charge in [-0.2, -0.15) is 0 Å². The maximum atomic E-state index is 10.9. The second-order valence-corrected chi connectivity index (χ2v) is 4.45. The highest BCUT2D eigenvalue weighted by Gasteiger charge is 2.03. The molecule has 0 saturated carbocycles. The lowest BCUT2D eigenvalue weighted by molar-refractivity contribution is -0.118. The van der Waals surface area contributed by atoms with Crippen LogP contribution < -0.4 is 4.74 Å². The van der Waals surface area contributed by atoms with Crippen LogP contribution in [0.3, 0.4) is 0 Å². The van der Waals surface area contributed by atoms with Crippen molar-refractivity contribution < 1.29 is 9.53 Å². The normalized spacial score (nSPS) is 12.8. The number of carbonyl (C=O) groups is 1. The number of hydrogen-bond donors (Lipinski definition) is 0. The first kappa shape index (κ1) is 15.9. The van der Waals surface area contributed by atoms with Crippen LogP contribution in [-0.2, 0) is 4.79 Å². The molecule has 0 N–H and O–H groups in total. The third-order valence-electron chi connectivity index (χ3n) is 2.55. The second kappa shape index (κ2) is 8.10. The molecule has 0 heterocycles. The fourth-order valence-corrected chi connectivity index (χ4v) is 1.69. The SMILES string of the molecule is C\C=C/C(C)=N\C(=C/C)c1cccc(OCC(C)=O)c1. The summed E-state index contributed by atoms with van der Waals surface area (Å²) in [6.45, 7) is 7.47. The van der Waals surface area contributed by atoms with E-state index in [1.54, 1.807) is 0 Å². The maximum absolute atomic E-state index is 10.9. The van der Waals surface area contributed by atoms with Crippen molar-refractivity contribution in [1.82, 2.24) is 0 Å². The van der Waals surface area contributed by atoms with Crippen LogP contribution in [0.25, 0.3) is 5.70 Å². The number of benzene rings is 1. The van der Waals surface area contributed by atoms with Crippen LogP contribution in [0.2, 0.25) is 0 Å². The van der Waals surface area contributed by atoms with Crippen molar-refractivity contribution in [2.24, 2.45) is 4.99 Å². The number of hydrogen-bond acceptors (Lipinski definition) is 3. The molecule has 0 unspecified atom stereocenters. The molecule has 1 rings (SSSR count). The van der Waals surface area contributed by atoms with Crippen LogP contribution in [0.5, 0.6) is 5.75 Å². The third-order valence-corrected chi connectivity index (χ3v) is 2.55. The molecule has 0 radical (unpaired) electrons. The molecule has 3 nitrogen and oxygen atoms in total. The molecule has 3 heteroatoms. The third kappa shape index (κ3) is 5.22. The van der Waals surface area contributed by atoms with Crippen molar-refractivity contribution in [1.29, 1.82) is 0 Å². The molecule has 1 aromatic carbocycles. The zero-order chi connectivity index (χ0) is 15.0. The van der Waals surface area contributed by atoms with Crippen molar-refractivity contribution in [3.8, 4) is 5.75 Å². The number of nitrogens with zero attached hydrogens (tertiary/aromatic N) is 1. The minimum Gasteiger partial charge on any atom is -0.486 e. The summed E-state index contributed by atoms with van der Waals surface area (Å²) in [6.07, 6.45) is 5.87. The van der Waals surface area contributed by atoms with Crippen LogP contribution in [0.1, 0.15) is 33.3 Å². The number of allylic oxidation sites excluding steroid dienone is 3. The van der Waals surface area contributed by atoms with Gasteiger partial charge < -0.3 is 4.74 Å². The molecule has 0 aliphatic rings. The number of Topliss-reactive ketones (excluding diaryl/α,β-unsaturated/α-hetero) is 1. The van der Waals surface area contributed by atoms with E-state index >= 15 is 0 Å². The standard InChI is InChI=1S/C17H21NO2/c1-5-8-13(3)18-17(6-2)15-9-7-10-16(11-15)20-12-14(4)19/h5-11H,12H2,1-4H3/b8-5-,17-6-,18-13-. The van der Waals surface area contributed by atoms with Gasteiger partial charge in [-0.1, -0.05) is 24.3 Å². The summed E-state index contributed by atoms with van der Waals surface area (Å²) in [5.41, 5.74) is 2.79. The summed E-state index contributed by atoms with van der Waals surface area (Å²) in [5, 5.41) is 0. The monoisotopic (exact) mass is 271 g/mol. The van der Waals surface area contributed by atoms with Crippen LogP contribution in [0.15, 0.2) is 47.5 Å². The van der Waals surface area contributed by atoms with Gasteiger partial charge in [-0.25, -0.2) is 0 Å². The lowest BCUT2D eigenvalue weighted by Gasteiger charge is -2.07. The average molecular weight is 271 g/mol. The molecule has 1 aromatic rings. The van der Waals surface area contributed by atoms with E-state index in [1.165, 1.54) is 6.92 Å². The van der Waals surface area contributed by atoms with Gasteiger partial charge in [0.05, 0.1) is 5.70 Å². The van der Waals surface area contributed by atoms with E-state index in [1.807, 2.05) is 63.3 Å². The summed E-state index contributed by atoms with van der Waals surface area (Å²) in [4.78, 5) is 15.5. The van der Waals surface area contributed by atoms with Crippen LogP contribution >= 0.6 is 0 Å². The van der Waals surface area contributed by atoms with E-state index in [4.69, 9.17) is 4.74 Å². The zero-order valence-corrected chi connectivity index (χ0v) is 12.5. The Morgan fingerprint density at radius 1 is 1.30 bits per heavy atom. The van der Waals surface area contributed by atoms with Crippen molar-refractivity contribution in [2.45, 2.75) is 27.7 Å². The van der Waals surface area contributed by atoms with Crippen molar-refractivity contribution in [3.05, 3.63) is 48.1 Å². The Balaban J connectivity index is 2.97. The summed E-state index contributed by atoms with van der Waals surface area (Å²) < 4.78 is 5.42. The summed E-state index contributed by atoms with van der Waals surface area (Å²) in [7, 11) is 0. The van der Waals surface area contributed by atoms with Crippen molar-refractivity contribution >= 4 is 17.2 Å². The smallest absolute Gasteiger partial charge is 0.167 e. The van der Waals surface area contributed by atoms with Gasteiger partial charge >= 0.3 is 0 Å². The van der Waals surface area contributed by atoms with Gasteiger partial charge in [-0.3, -0.25) is 9.79 Å². The highest BCUT2D eigenvalue weighted by atomic mass is 16.5. The van der Waals surface area contributed by atoms with Crippen LogP contribution in [0.4, 0.5) is 0 Å². The zero-order valence-electron chi connectivity index (χ0n) is 12.5. The number of aliphatic imine (C=N–C) groups is 1. The molecule has 106 valence electrons. The summed E-state index contributed by atoms with van der Waals surface area (Å²) in [6, 6.07) is 7.60. The van der Waals surface area contributed by atoms with Gasteiger partial charge in [0.15, 0.2) is 5.78 Å². The second-order valence-electron chi connectivity index (χ2n) is 4.45. The van der Waals surface area contributed by atoms with Gasteiger partial charge in [0, 0.05) is 11.3 Å². The molecule has 0 aliphatic carbocycles. The molecule has 20 heavy (non-hydrogen) atoms. The largest absolute Gasteiger partial charge is 0.486 e. The molecular weight excluding hydrogens is 250 g/mol. The minimum absolute atomic E-state index is 0.00334. The Bertz CT molecular complexity index is 554. The van der Waals surface area contributed by atoms with Gasteiger partial charge in [0.25, 0.3) is 0 Å². The highest BCUT2D eigenvalue weighted by molar-refractivity contribution is 5.96. The Morgan fingerprint density at radius 2 is 2.05 bits per heavy atom. The molecule has 0 fully saturated rings. The fraction of sp³-hybridized carbons (Fsp3) is 0.294. The van der Waals surface area contributed by atoms with Gasteiger partial charge in [0.2, 0.25) is 0 Å². The molecule has 0 spiro atoms. The van der Waals surface area contributed by atoms with Crippen molar-refractivity contribution in [2.75, 3.05) is 6.61 Å². The van der Waals surface area contributed by atoms with Gasteiger partial charge in [-0.15, -0.1) is 0 Å². The molecule has 0 atom stereocenters. The molecule has 0 bridgehead atoms. The quantitative estimate of drug-likeness (QED) is 0.732. The molecule has 0 aliphatic heterocycles. The number of rotatable bonds is 6. The summed E-state index contributed by atoms with van der Waals surface area (Å²) in [5.74, 6) is 0.680. The van der Waals surface area contributed by atoms with E-state index in [0.717, 1.165) is 17.0 Å². The van der Waals surface area contributed by atoms with Crippen LogP contribution in [0, 0.1) is 0 Å². The minimum atomic E-state index is 0.00334. The summed E-state index contributed by atoms with van der Waals surface area (Å²) >= 11 is 0. The van der Waals surface area contributed by atoms with Gasteiger partial charge in [0.1, 0.15) is 12.4 Å². The van der Waals surface area contributed by atoms with E-state index < -0.39 is 0 Å². The fourth-order valence-electron chi connectivity index (χ4n) is 1.69. The van der Waals surface area contributed by atoms with E-state index in [2.05, 4.69) is 4.99 Å². The number of ketones is 1. The Labute approximate surface area is 120 Å². The van der Waals surface area contributed by atoms with Crippen molar-refractivity contribution in [3.63, 3.8) is 0 Å². The predicted molar refractivity (Wildman–Crippen MR) is 84.2 cm³/mol. The van der Waals surface area contributed by atoms with Gasteiger partial charge in [-0.05, 0) is 45.9 Å². The Kier molecular flexibility index (Phi) is 6.44. The lowest BCUT2D eigenvalue weighted by Crippen LogP contribution is -2.06. The highest BCUT2D eigenvalue weighted by Crippen LogP contribution is 2.21. The number of ether oxygens (including phenoxy) is 1. The van der Waals surface area contributed by atoms with E-state index in [0.29, 0.717) is 5.75 Å². The molecule has 0 aromatic heterocycles.